The molecule has 0 radical (unpaired) electrons. The van der Waals surface area contributed by atoms with Gasteiger partial charge in [-0.05, 0) is 51.8 Å². The molecule has 1 fully saturated rings. The number of hydrogen-bond donors (Lipinski definition) is 1. The highest BCUT2D eigenvalue weighted by atomic mass is 15.1. The molecule has 0 bridgehead atoms. The van der Waals surface area contributed by atoms with E-state index in [-0.39, 0.29) is 0 Å². The third-order valence-electron chi connectivity index (χ3n) is 5.88. The number of fused-ring (bicyclic) bond motifs is 2. The topological polar surface area (TPSA) is 59.4 Å². The van der Waals surface area contributed by atoms with Crippen LogP contribution in [-0.4, -0.2) is 24.5 Å². The number of aromatic amines is 1. The van der Waals surface area contributed by atoms with Crippen LogP contribution in [0.5, 0.6) is 0 Å². The van der Waals surface area contributed by atoms with Crippen molar-refractivity contribution in [1.82, 2.24) is 24.5 Å². The smallest absolute Gasteiger partial charge is 0.138 e. The molecule has 4 aromatic rings. The summed E-state index contributed by atoms with van der Waals surface area (Å²) < 4.78 is 2.27. The predicted molar refractivity (Wildman–Crippen MR) is 109 cm³/mol. The summed E-state index contributed by atoms with van der Waals surface area (Å²) >= 11 is 0. The number of aromatic nitrogens is 5. The second-order valence-corrected chi connectivity index (χ2v) is 8.00. The van der Waals surface area contributed by atoms with Crippen LogP contribution in [0.2, 0.25) is 0 Å². The number of rotatable bonds is 3. The Labute approximate surface area is 158 Å². The summed E-state index contributed by atoms with van der Waals surface area (Å²) in [5.74, 6) is 1.65. The number of H-pyrrole nitrogens is 1. The number of aryl methyl sites for hydroxylation is 1. The number of nitrogens with one attached hydrogen (secondary N) is 1. The van der Waals surface area contributed by atoms with E-state index < -0.39 is 0 Å². The lowest BCUT2D eigenvalue weighted by Crippen LogP contribution is -2.02. The number of hydrogen-bond acceptors (Lipinski definition) is 3. The van der Waals surface area contributed by atoms with Crippen LogP contribution in [-0.2, 0) is 0 Å². The molecule has 1 aliphatic carbocycles. The molecular formula is C22H25N5. The van der Waals surface area contributed by atoms with Gasteiger partial charge in [-0.2, -0.15) is 0 Å². The van der Waals surface area contributed by atoms with Crippen molar-refractivity contribution in [3.05, 3.63) is 42.1 Å². The first-order chi connectivity index (χ1) is 13.1. The minimum atomic E-state index is 0.365. The van der Waals surface area contributed by atoms with Gasteiger partial charge in [0.15, 0.2) is 0 Å². The van der Waals surface area contributed by atoms with Crippen LogP contribution >= 0.6 is 0 Å². The molecule has 138 valence electrons. The molecule has 1 N–H and O–H groups in total. The Morgan fingerprint density at radius 3 is 2.74 bits per heavy atom. The average molecular weight is 359 g/mol. The molecule has 0 aromatic carbocycles. The van der Waals surface area contributed by atoms with Crippen molar-refractivity contribution in [3.8, 4) is 11.3 Å². The van der Waals surface area contributed by atoms with E-state index in [1.807, 2.05) is 12.4 Å². The molecule has 1 saturated carbocycles. The Kier molecular flexibility index (Phi) is 3.78. The summed E-state index contributed by atoms with van der Waals surface area (Å²) in [5, 5.41) is 1.14. The molecule has 27 heavy (non-hydrogen) atoms. The predicted octanol–water partition coefficient (Wildman–Crippen LogP) is 5.52. The van der Waals surface area contributed by atoms with Gasteiger partial charge in [0, 0.05) is 34.8 Å². The van der Waals surface area contributed by atoms with Crippen molar-refractivity contribution >= 4 is 22.1 Å². The van der Waals surface area contributed by atoms with Crippen LogP contribution in [0, 0.1) is 6.92 Å². The molecule has 0 unspecified atom stereocenters. The maximum absolute atomic E-state index is 4.91. The van der Waals surface area contributed by atoms with Gasteiger partial charge in [-0.3, -0.25) is 4.98 Å². The molecular weight excluding hydrogens is 334 g/mol. The summed E-state index contributed by atoms with van der Waals surface area (Å²) in [7, 11) is 0. The maximum atomic E-state index is 4.91. The van der Waals surface area contributed by atoms with Gasteiger partial charge in [-0.25, -0.2) is 9.97 Å². The molecule has 0 spiro atoms. The Morgan fingerprint density at radius 2 is 1.96 bits per heavy atom. The summed E-state index contributed by atoms with van der Waals surface area (Å²) in [6, 6.07) is 6.93. The molecule has 5 heteroatoms. The number of imidazole rings is 1. The third kappa shape index (κ3) is 2.64. The molecule has 4 heterocycles. The molecule has 5 rings (SSSR count). The minimum Gasteiger partial charge on any atom is -0.345 e. The molecule has 1 aliphatic rings. The lowest BCUT2D eigenvalue weighted by atomic mass is 10.0. The van der Waals surface area contributed by atoms with E-state index in [9.17, 15) is 0 Å². The number of nitrogens with zero attached hydrogens (tertiary/aromatic N) is 4. The van der Waals surface area contributed by atoms with Crippen LogP contribution in [0.4, 0.5) is 0 Å². The summed E-state index contributed by atoms with van der Waals surface area (Å²) in [5.41, 5.74) is 6.34. The molecule has 4 aromatic heterocycles. The first-order valence-electron chi connectivity index (χ1n) is 9.95. The van der Waals surface area contributed by atoms with Gasteiger partial charge >= 0.3 is 0 Å². The van der Waals surface area contributed by atoms with Crippen molar-refractivity contribution in [2.24, 2.45) is 0 Å². The highest BCUT2D eigenvalue weighted by molar-refractivity contribution is 5.94. The summed E-state index contributed by atoms with van der Waals surface area (Å²) in [6.45, 7) is 6.43. The summed E-state index contributed by atoms with van der Waals surface area (Å²) in [6.07, 6.45) is 9.11. The van der Waals surface area contributed by atoms with Gasteiger partial charge in [-0.1, -0.05) is 12.8 Å². The van der Waals surface area contributed by atoms with E-state index in [4.69, 9.17) is 4.98 Å². The normalized spacial score (nSPS) is 15.6. The quantitative estimate of drug-likeness (QED) is 0.524. The lowest BCUT2D eigenvalue weighted by Gasteiger charge is -2.11. The lowest BCUT2D eigenvalue weighted by molar-refractivity contribution is 0.600. The summed E-state index contributed by atoms with van der Waals surface area (Å²) in [4.78, 5) is 17.6. The standard InChI is InChI=1S/C22H25N5/c1-13(2)27-14(3)25-20-12-23-19(10-21(20)27)17-11-24-22-16(17)8-9-18(26-22)15-6-4-5-7-15/h8-13,15H,4-7H2,1-3H3,(H,24,26). The molecule has 0 atom stereocenters. The van der Waals surface area contributed by atoms with Gasteiger partial charge < -0.3 is 9.55 Å². The SMILES string of the molecule is Cc1nc2cnc(-c3c[nH]c4nc(C5CCCC5)ccc34)cc2n1C(C)C. The maximum Gasteiger partial charge on any atom is 0.138 e. The fraction of sp³-hybridized carbons (Fsp3) is 0.409. The zero-order valence-electron chi connectivity index (χ0n) is 16.2. The zero-order valence-corrected chi connectivity index (χ0v) is 16.2. The van der Waals surface area contributed by atoms with Gasteiger partial charge in [0.25, 0.3) is 0 Å². The Hall–Kier alpha value is -2.69. The van der Waals surface area contributed by atoms with E-state index in [0.717, 1.165) is 39.1 Å². The van der Waals surface area contributed by atoms with E-state index in [1.165, 1.54) is 31.4 Å². The van der Waals surface area contributed by atoms with Gasteiger partial charge in [-0.15, -0.1) is 0 Å². The molecule has 5 nitrogen and oxygen atoms in total. The Balaban J connectivity index is 1.61. The van der Waals surface area contributed by atoms with E-state index in [1.54, 1.807) is 0 Å². The average Bonchev–Trinajstić information content (AvgIpc) is 3.38. The largest absolute Gasteiger partial charge is 0.345 e. The van der Waals surface area contributed by atoms with Crippen LogP contribution in [0.25, 0.3) is 33.3 Å². The Morgan fingerprint density at radius 1 is 1.15 bits per heavy atom. The van der Waals surface area contributed by atoms with Crippen molar-refractivity contribution < 1.29 is 0 Å². The highest BCUT2D eigenvalue weighted by Crippen LogP contribution is 2.35. The van der Waals surface area contributed by atoms with E-state index in [2.05, 4.69) is 58.5 Å². The second-order valence-electron chi connectivity index (χ2n) is 8.00. The van der Waals surface area contributed by atoms with Crippen LogP contribution in [0.15, 0.2) is 30.6 Å². The monoisotopic (exact) mass is 359 g/mol. The van der Waals surface area contributed by atoms with Gasteiger partial charge in [0.2, 0.25) is 0 Å². The fourth-order valence-electron chi connectivity index (χ4n) is 4.60. The first-order valence-corrected chi connectivity index (χ1v) is 9.95. The van der Waals surface area contributed by atoms with Crippen LogP contribution in [0.3, 0.4) is 0 Å². The van der Waals surface area contributed by atoms with Crippen molar-refractivity contribution in [1.29, 1.82) is 0 Å². The van der Waals surface area contributed by atoms with Crippen molar-refractivity contribution in [3.63, 3.8) is 0 Å². The second kappa shape index (κ2) is 6.19. The molecule has 0 saturated heterocycles. The van der Waals surface area contributed by atoms with Crippen LogP contribution in [0.1, 0.15) is 63.0 Å². The first kappa shape index (κ1) is 16.5. The molecule has 0 aliphatic heterocycles. The van der Waals surface area contributed by atoms with Gasteiger partial charge in [0.05, 0.1) is 17.4 Å². The minimum absolute atomic E-state index is 0.365. The van der Waals surface area contributed by atoms with E-state index in [0.29, 0.717) is 12.0 Å². The van der Waals surface area contributed by atoms with Crippen molar-refractivity contribution in [2.45, 2.75) is 58.4 Å². The van der Waals surface area contributed by atoms with Crippen LogP contribution < -0.4 is 0 Å². The van der Waals surface area contributed by atoms with Crippen molar-refractivity contribution in [2.75, 3.05) is 0 Å². The zero-order chi connectivity index (χ0) is 18.5. The van der Waals surface area contributed by atoms with Gasteiger partial charge in [0.1, 0.15) is 17.0 Å². The Bertz CT molecular complexity index is 1130. The fourth-order valence-corrected chi connectivity index (χ4v) is 4.60. The molecule has 0 amide bonds. The van der Waals surface area contributed by atoms with E-state index >= 15 is 0 Å². The third-order valence-corrected chi connectivity index (χ3v) is 5.88. The number of pyridine rings is 2. The highest BCUT2D eigenvalue weighted by Gasteiger charge is 2.20.